The van der Waals surface area contributed by atoms with Gasteiger partial charge in [0.05, 0.1) is 6.04 Å². The van der Waals surface area contributed by atoms with Crippen molar-refractivity contribution in [3.05, 3.63) is 23.8 Å². The maximum Gasteiger partial charge on any atom is 0.258 e. The van der Waals surface area contributed by atoms with Gasteiger partial charge in [0.2, 0.25) is 0 Å². The number of nitrogens with zero attached hydrogens (tertiary/aromatic N) is 2. The molecule has 0 spiro atoms. The number of imide groups is 1. The van der Waals surface area contributed by atoms with Crippen LogP contribution in [0, 0.1) is 0 Å². The predicted octanol–water partition coefficient (Wildman–Crippen LogP) is 3.21. The lowest BCUT2D eigenvalue weighted by Gasteiger charge is -2.20. The molecule has 0 bridgehead atoms. The highest BCUT2D eigenvalue weighted by molar-refractivity contribution is 8.82. The van der Waals surface area contributed by atoms with E-state index in [4.69, 9.17) is 0 Å². The number of hydrogen-bond acceptors (Lipinski definition) is 5. The molecule has 0 saturated heterocycles. The Morgan fingerprint density at radius 3 is 2.62 bits per heavy atom. The lowest BCUT2D eigenvalue weighted by molar-refractivity contribution is -0.139. The molecule has 2 aliphatic heterocycles. The third kappa shape index (κ3) is 3.80. The SMILES string of the molecule is CC1CC=CC(SSC(C)C2=CC(=O)N(C(C)C)C2=O)=N1. The highest BCUT2D eigenvalue weighted by Gasteiger charge is 2.35. The van der Waals surface area contributed by atoms with E-state index in [-0.39, 0.29) is 23.1 Å². The van der Waals surface area contributed by atoms with E-state index < -0.39 is 0 Å². The van der Waals surface area contributed by atoms with Crippen molar-refractivity contribution in [2.24, 2.45) is 4.99 Å². The van der Waals surface area contributed by atoms with Crippen molar-refractivity contribution in [1.29, 1.82) is 0 Å². The molecule has 2 unspecified atom stereocenters. The maximum atomic E-state index is 12.3. The number of rotatable bonds is 4. The van der Waals surface area contributed by atoms with Crippen LogP contribution in [0.2, 0.25) is 0 Å². The van der Waals surface area contributed by atoms with Crippen LogP contribution in [0.3, 0.4) is 0 Å². The second-order valence-corrected chi connectivity index (χ2v) is 8.04. The van der Waals surface area contributed by atoms with Crippen molar-refractivity contribution < 1.29 is 9.59 Å². The molecule has 0 N–H and O–H groups in total. The van der Waals surface area contributed by atoms with Gasteiger partial charge in [-0.3, -0.25) is 19.5 Å². The molecule has 114 valence electrons. The van der Waals surface area contributed by atoms with E-state index in [0.717, 1.165) is 11.5 Å². The Balaban J connectivity index is 1.97. The van der Waals surface area contributed by atoms with Gasteiger partial charge in [0.1, 0.15) is 5.04 Å². The molecule has 2 atom stereocenters. The van der Waals surface area contributed by atoms with E-state index in [1.54, 1.807) is 21.6 Å². The number of hydrogen-bond donors (Lipinski definition) is 0. The van der Waals surface area contributed by atoms with E-state index in [0.29, 0.717) is 11.6 Å². The van der Waals surface area contributed by atoms with Crippen LogP contribution in [0.15, 0.2) is 28.8 Å². The van der Waals surface area contributed by atoms with Gasteiger partial charge in [0, 0.05) is 22.9 Å². The first-order valence-electron chi connectivity index (χ1n) is 7.07. The van der Waals surface area contributed by atoms with Gasteiger partial charge in [0.25, 0.3) is 11.8 Å². The quantitative estimate of drug-likeness (QED) is 0.588. The Bertz CT molecular complexity index is 538. The molecule has 2 heterocycles. The molecule has 21 heavy (non-hydrogen) atoms. The molecule has 0 aliphatic carbocycles. The van der Waals surface area contributed by atoms with E-state index in [1.807, 2.05) is 26.8 Å². The van der Waals surface area contributed by atoms with Crippen molar-refractivity contribution in [2.75, 3.05) is 0 Å². The zero-order valence-corrected chi connectivity index (χ0v) is 14.3. The fourth-order valence-corrected chi connectivity index (χ4v) is 4.41. The van der Waals surface area contributed by atoms with Crippen LogP contribution in [0.1, 0.15) is 34.1 Å². The highest BCUT2D eigenvalue weighted by Crippen LogP contribution is 2.36. The number of dihydropyridines is 1. The smallest absolute Gasteiger partial charge is 0.258 e. The number of carbonyl (C=O) groups is 2. The van der Waals surface area contributed by atoms with Crippen LogP contribution >= 0.6 is 21.6 Å². The van der Waals surface area contributed by atoms with E-state index in [9.17, 15) is 9.59 Å². The minimum absolute atomic E-state index is 0.0384. The first-order valence-corrected chi connectivity index (χ1v) is 9.28. The summed E-state index contributed by atoms with van der Waals surface area (Å²) in [4.78, 5) is 30.0. The summed E-state index contributed by atoms with van der Waals surface area (Å²) < 4.78 is 0. The summed E-state index contributed by atoms with van der Waals surface area (Å²) in [5.74, 6) is -0.365. The molecular formula is C15H20N2O2S2. The van der Waals surface area contributed by atoms with Crippen molar-refractivity contribution in [3.8, 4) is 0 Å². The maximum absolute atomic E-state index is 12.3. The molecule has 2 aliphatic rings. The van der Waals surface area contributed by atoms with Crippen LogP contribution in [0.5, 0.6) is 0 Å². The summed E-state index contributed by atoms with van der Waals surface area (Å²) in [5.41, 5.74) is 0.583. The van der Waals surface area contributed by atoms with Crippen molar-refractivity contribution in [2.45, 2.75) is 51.4 Å². The van der Waals surface area contributed by atoms with E-state index in [2.05, 4.69) is 18.0 Å². The normalized spacial score (nSPS) is 23.7. The van der Waals surface area contributed by atoms with Crippen molar-refractivity contribution >= 4 is 38.4 Å². The monoisotopic (exact) mass is 324 g/mol. The van der Waals surface area contributed by atoms with Gasteiger partial charge >= 0.3 is 0 Å². The lowest BCUT2D eigenvalue weighted by atomic mass is 10.2. The van der Waals surface area contributed by atoms with Crippen molar-refractivity contribution in [1.82, 2.24) is 4.90 Å². The summed E-state index contributed by atoms with van der Waals surface area (Å²) >= 11 is 0. The molecule has 0 radical (unpaired) electrons. The van der Waals surface area contributed by atoms with Gasteiger partial charge in [-0.1, -0.05) is 16.9 Å². The lowest BCUT2D eigenvalue weighted by Crippen LogP contribution is -2.37. The molecule has 2 rings (SSSR count). The fourth-order valence-electron chi connectivity index (χ4n) is 2.19. The molecular weight excluding hydrogens is 304 g/mol. The minimum atomic E-state index is -0.203. The molecule has 0 aromatic rings. The molecule has 0 saturated carbocycles. The third-order valence-electron chi connectivity index (χ3n) is 3.30. The summed E-state index contributed by atoms with van der Waals surface area (Å²) in [7, 11) is 3.13. The number of carbonyl (C=O) groups excluding carboxylic acids is 2. The first-order chi connectivity index (χ1) is 9.90. The molecule has 0 aromatic carbocycles. The van der Waals surface area contributed by atoms with E-state index in [1.165, 1.54) is 11.0 Å². The second-order valence-electron chi connectivity index (χ2n) is 5.48. The van der Waals surface area contributed by atoms with Gasteiger partial charge in [-0.05, 0) is 51.0 Å². The minimum Gasteiger partial charge on any atom is -0.274 e. The van der Waals surface area contributed by atoms with Gasteiger partial charge in [-0.15, -0.1) is 0 Å². The average Bonchev–Trinajstić information content (AvgIpc) is 2.71. The Morgan fingerprint density at radius 1 is 1.33 bits per heavy atom. The van der Waals surface area contributed by atoms with Crippen LogP contribution in [-0.2, 0) is 9.59 Å². The predicted molar refractivity (Wildman–Crippen MR) is 90.4 cm³/mol. The van der Waals surface area contributed by atoms with Crippen LogP contribution in [0.4, 0.5) is 0 Å². The standard InChI is InChI=1S/C15H20N2O2S2/c1-9(2)17-14(18)8-12(15(17)19)11(4)20-21-13-7-5-6-10(3)16-13/h5,7-11H,6H2,1-4H3. The van der Waals surface area contributed by atoms with Crippen LogP contribution in [0.25, 0.3) is 0 Å². The van der Waals surface area contributed by atoms with Crippen molar-refractivity contribution in [3.63, 3.8) is 0 Å². The van der Waals surface area contributed by atoms with Crippen LogP contribution in [-0.4, -0.2) is 39.1 Å². The Morgan fingerprint density at radius 2 is 2.05 bits per heavy atom. The van der Waals surface area contributed by atoms with E-state index >= 15 is 0 Å². The number of aliphatic imine (C=N–C) groups is 1. The van der Waals surface area contributed by atoms with Gasteiger partial charge in [0.15, 0.2) is 0 Å². The summed E-state index contributed by atoms with van der Waals surface area (Å²) in [5, 5.41) is 0.937. The summed E-state index contributed by atoms with van der Waals surface area (Å²) in [6, 6.07) is 0.217. The molecule has 6 heteroatoms. The molecule has 0 fully saturated rings. The average molecular weight is 324 g/mol. The Kier molecular flexibility index (Phi) is 5.32. The fraction of sp³-hybridized carbons (Fsp3) is 0.533. The largest absolute Gasteiger partial charge is 0.274 e. The zero-order valence-electron chi connectivity index (χ0n) is 12.7. The molecule has 2 amide bonds. The summed E-state index contributed by atoms with van der Waals surface area (Å²) in [6.07, 6.45) is 6.59. The molecule has 4 nitrogen and oxygen atoms in total. The Hall–Kier alpha value is -1.01. The van der Waals surface area contributed by atoms with Gasteiger partial charge < -0.3 is 0 Å². The summed E-state index contributed by atoms with van der Waals surface area (Å²) in [6.45, 7) is 7.74. The number of amides is 2. The van der Waals surface area contributed by atoms with Gasteiger partial charge in [-0.25, -0.2) is 0 Å². The zero-order chi connectivity index (χ0) is 15.6. The van der Waals surface area contributed by atoms with Gasteiger partial charge in [-0.2, -0.15) is 0 Å². The first kappa shape index (κ1) is 16.4. The topological polar surface area (TPSA) is 49.7 Å². The van der Waals surface area contributed by atoms with Crippen LogP contribution < -0.4 is 0 Å². The second kappa shape index (κ2) is 6.83. The molecule has 0 aromatic heterocycles. The highest BCUT2D eigenvalue weighted by atomic mass is 33.1. The third-order valence-corrected chi connectivity index (χ3v) is 6.02. The Labute approximate surface area is 133 Å².